The summed E-state index contributed by atoms with van der Waals surface area (Å²) in [5.74, 6) is 3.59. The summed E-state index contributed by atoms with van der Waals surface area (Å²) < 4.78 is 5.52. The second-order valence-electron chi connectivity index (χ2n) is 12.8. The number of hydrogen-bond acceptors (Lipinski definition) is 4. The normalized spacial score (nSPS) is 44.4. The molecule has 5 rings (SSSR count). The number of fused-ring (bicyclic) bond motifs is 5. The van der Waals surface area contributed by atoms with Crippen molar-refractivity contribution in [1.29, 1.82) is 0 Å². The van der Waals surface area contributed by atoms with Crippen LogP contribution in [-0.2, 0) is 4.79 Å². The van der Waals surface area contributed by atoms with Crippen molar-refractivity contribution < 1.29 is 19.7 Å². The van der Waals surface area contributed by atoms with Gasteiger partial charge in [-0.2, -0.15) is 0 Å². The van der Waals surface area contributed by atoms with Crippen LogP contribution in [-0.4, -0.2) is 28.4 Å². The zero-order chi connectivity index (χ0) is 24.1. The van der Waals surface area contributed by atoms with Gasteiger partial charge in [0.2, 0.25) is 0 Å². The highest BCUT2D eigenvalue weighted by atomic mass is 16.5. The van der Waals surface area contributed by atoms with Gasteiger partial charge in [0.1, 0.15) is 5.75 Å². The Labute approximate surface area is 205 Å². The molecule has 2 N–H and O–H groups in total. The summed E-state index contributed by atoms with van der Waals surface area (Å²) in [5, 5.41) is 21.7. The number of para-hydroxylation sites is 1. The number of rotatable bonds is 5. The van der Waals surface area contributed by atoms with Crippen LogP contribution in [0.25, 0.3) is 0 Å². The number of esters is 1. The monoisotopic (exact) mass is 468 g/mol. The van der Waals surface area contributed by atoms with Gasteiger partial charge in [0.15, 0.2) is 0 Å². The molecule has 0 bridgehead atoms. The zero-order valence-electron chi connectivity index (χ0n) is 21.3. The third-order valence-corrected chi connectivity index (χ3v) is 11.2. The van der Waals surface area contributed by atoms with E-state index >= 15 is 0 Å². The summed E-state index contributed by atoms with van der Waals surface area (Å²) in [6, 6.07) is 9.36. The van der Waals surface area contributed by atoms with E-state index in [1.165, 1.54) is 25.7 Å². The maximum atomic E-state index is 12.4. The van der Waals surface area contributed by atoms with E-state index in [1.54, 1.807) is 0 Å². The van der Waals surface area contributed by atoms with Gasteiger partial charge in [-0.05, 0) is 116 Å². The lowest BCUT2D eigenvalue weighted by Gasteiger charge is -2.62. The molecule has 0 aliphatic heterocycles. The second kappa shape index (κ2) is 9.24. The van der Waals surface area contributed by atoms with Crippen LogP contribution in [0.1, 0.15) is 85.0 Å². The average Bonchev–Trinajstić information content (AvgIpc) is 3.16. The molecule has 4 aliphatic rings. The van der Waals surface area contributed by atoms with Crippen molar-refractivity contribution in [2.75, 3.05) is 0 Å². The predicted octanol–water partition coefficient (Wildman–Crippen LogP) is 6.00. The lowest BCUT2D eigenvalue weighted by atomic mass is 9.43. The van der Waals surface area contributed by atoms with Crippen LogP contribution in [0, 0.1) is 46.3 Å². The van der Waals surface area contributed by atoms with E-state index in [0.717, 1.165) is 32.1 Å². The molecule has 188 valence electrons. The highest BCUT2D eigenvalue weighted by molar-refractivity contribution is 5.72. The molecule has 10 atom stereocenters. The number of benzene rings is 1. The van der Waals surface area contributed by atoms with E-state index in [4.69, 9.17) is 4.74 Å². The lowest BCUT2D eigenvalue weighted by molar-refractivity contribution is -0.174. The Hall–Kier alpha value is -1.39. The first-order chi connectivity index (χ1) is 16.2. The first kappa shape index (κ1) is 24.3. The Kier molecular flexibility index (Phi) is 6.61. The van der Waals surface area contributed by atoms with Gasteiger partial charge < -0.3 is 14.9 Å². The maximum absolute atomic E-state index is 12.4. The molecule has 0 amide bonds. The Morgan fingerprint density at radius 3 is 2.47 bits per heavy atom. The minimum atomic E-state index is -0.229. The molecular weight excluding hydrogens is 424 g/mol. The van der Waals surface area contributed by atoms with Crippen molar-refractivity contribution in [2.45, 2.75) is 97.2 Å². The minimum absolute atomic E-state index is 0.136. The first-order valence-electron chi connectivity index (χ1n) is 13.8. The molecule has 4 saturated carbocycles. The fourth-order valence-corrected chi connectivity index (χ4v) is 9.39. The zero-order valence-corrected chi connectivity index (χ0v) is 21.3. The fourth-order valence-electron chi connectivity index (χ4n) is 9.39. The van der Waals surface area contributed by atoms with E-state index in [9.17, 15) is 15.0 Å². The van der Waals surface area contributed by atoms with Crippen molar-refractivity contribution in [1.82, 2.24) is 0 Å². The summed E-state index contributed by atoms with van der Waals surface area (Å²) in [6.45, 7) is 7.30. The number of aliphatic hydroxyl groups excluding tert-OH is 2. The summed E-state index contributed by atoms with van der Waals surface area (Å²) in [5.41, 5.74) is 0.525. The number of carbonyl (C=O) groups excluding carboxylic acids is 1. The summed E-state index contributed by atoms with van der Waals surface area (Å²) in [4.78, 5) is 12.4. The number of hydrogen-bond donors (Lipinski definition) is 2. The maximum Gasteiger partial charge on any atom is 0.311 e. The molecule has 0 radical (unpaired) electrons. The summed E-state index contributed by atoms with van der Waals surface area (Å²) in [6.07, 6.45) is 9.56. The highest BCUT2D eigenvalue weighted by Crippen LogP contribution is 2.68. The van der Waals surface area contributed by atoms with Crippen molar-refractivity contribution in [3.63, 3.8) is 0 Å². The van der Waals surface area contributed by atoms with Crippen molar-refractivity contribution in [2.24, 2.45) is 46.3 Å². The van der Waals surface area contributed by atoms with E-state index in [2.05, 4.69) is 20.8 Å². The average molecular weight is 469 g/mol. The molecule has 4 nitrogen and oxygen atoms in total. The Morgan fingerprint density at radius 2 is 1.71 bits per heavy atom. The van der Waals surface area contributed by atoms with Crippen LogP contribution in [0.5, 0.6) is 5.75 Å². The van der Waals surface area contributed by atoms with Gasteiger partial charge >= 0.3 is 5.97 Å². The molecule has 1 aromatic rings. The van der Waals surface area contributed by atoms with Gasteiger partial charge in [-0.15, -0.1) is 0 Å². The highest BCUT2D eigenvalue weighted by Gasteiger charge is 2.62. The standard InChI is InChI=1S/C30H44O4/c1-19(9-12-27(33)34-22-7-5-4-6-8-22)23-10-11-24-28-25(14-16-30(23,24)3)29(2)15-13-21(31)17-20(29)18-26(28)32/h4-8,19-21,23-26,28,31-32H,9-18H2,1-3H3/t19-,20+,21-,23-,24+,25+,26+,28+,29+,30-/m1/s1. The Morgan fingerprint density at radius 1 is 1.00 bits per heavy atom. The quantitative estimate of drug-likeness (QED) is 0.411. The van der Waals surface area contributed by atoms with Crippen LogP contribution in [0.4, 0.5) is 0 Å². The molecule has 0 heterocycles. The van der Waals surface area contributed by atoms with Gasteiger partial charge in [0.25, 0.3) is 0 Å². The second-order valence-corrected chi connectivity index (χ2v) is 12.8. The number of aliphatic hydroxyl groups is 2. The van der Waals surface area contributed by atoms with Gasteiger partial charge in [0.05, 0.1) is 12.2 Å². The summed E-state index contributed by atoms with van der Waals surface area (Å²) in [7, 11) is 0. The van der Waals surface area contributed by atoms with Gasteiger partial charge in [-0.1, -0.05) is 39.0 Å². The first-order valence-corrected chi connectivity index (χ1v) is 13.8. The molecule has 0 unspecified atom stereocenters. The van der Waals surface area contributed by atoms with Crippen LogP contribution in [0.3, 0.4) is 0 Å². The summed E-state index contributed by atoms with van der Waals surface area (Å²) >= 11 is 0. The molecule has 4 aliphatic carbocycles. The van der Waals surface area contributed by atoms with Gasteiger partial charge in [-0.3, -0.25) is 4.79 Å². The molecule has 4 heteroatoms. The fraction of sp³-hybridized carbons (Fsp3) is 0.767. The Balaban J connectivity index is 1.25. The van der Waals surface area contributed by atoms with Crippen molar-refractivity contribution >= 4 is 5.97 Å². The van der Waals surface area contributed by atoms with Gasteiger partial charge in [-0.25, -0.2) is 0 Å². The molecule has 0 spiro atoms. The van der Waals surface area contributed by atoms with Crippen LogP contribution in [0.15, 0.2) is 30.3 Å². The van der Waals surface area contributed by atoms with Crippen LogP contribution < -0.4 is 4.74 Å². The van der Waals surface area contributed by atoms with E-state index in [0.29, 0.717) is 47.7 Å². The number of ether oxygens (including phenoxy) is 1. The molecule has 4 fully saturated rings. The van der Waals surface area contributed by atoms with Crippen LogP contribution >= 0.6 is 0 Å². The van der Waals surface area contributed by atoms with E-state index in [1.807, 2.05) is 30.3 Å². The van der Waals surface area contributed by atoms with Crippen molar-refractivity contribution in [3.8, 4) is 5.75 Å². The van der Waals surface area contributed by atoms with Gasteiger partial charge in [0, 0.05) is 6.42 Å². The van der Waals surface area contributed by atoms with Crippen LogP contribution in [0.2, 0.25) is 0 Å². The third kappa shape index (κ3) is 4.13. The lowest BCUT2D eigenvalue weighted by Crippen LogP contribution is -2.58. The van der Waals surface area contributed by atoms with Crippen molar-refractivity contribution in [3.05, 3.63) is 30.3 Å². The minimum Gasteiger partial charge on any atom is -0.427 e. The molecular formula is C30H44O4. The smallest absolute Gasteiger partial charge is 0.311 e. The Bertz CT molecular complexity index is 870. The topological polar surface area (TPSA) is 66.8 Å². The van der Waals surface area contributed by atoms with E-state index < -0.39 is 0 Å². The number of carbonyl (C=O) groups is 1. The molecule has 0 aromatic heterocycles. The molecule has 0 saturated heterocycles. The predicted molar refractivity (Wildman–Crippen MR) is 133 cm³/mol. The third-order valence-electron chi connectivity index (χ3n) is 11.2. The molecule has 1 aromatic carbocycles. The SMILES string of the molecule is C[C@H](CCC(=O)Oc1ccccc1)[C@H]1CC[C@H]2[C@@H]3[C@@H](O)C[C@@H]4C[C@H](O)CC[C@]4(C)[C@H]3CC[C@]12C. The van der Waals surface area contributed by atoms with E-state index in [-0.39, 0.29) is 29.0 Å². The molecule has 34 heavy (non-hydrogen) atoms. The largest absolute Gasteiger partial charge is 0.427 e.